The molecule has 23 heavy (non-hydrogen) atoms. The molecule has 1 amide bonds. The minimum atomic E-state index is -0.182. The maximum absolute atomic E-state index is 12.1. The van der Waals surface area contributed by atoms with Crippen LogP contribution in [0.1, 0.15) is 15.9 Å². The Kier molecular flexibility index (Phi) is 5.86. The van der Waals surface area contributed by atoms with Crippen molar-refractivity contribution in [2.24, 2.45) is 0 Å². The van der Waals surface area contributed by atoms with Gasteiger partial charge in [-0.3, -0.25) is 4.79 Å². The van der Waals surface area contributed by atoms with Crippen molar-refractivity contribution in [1.29, 1.82) is 0 Å². The average Bonchev–Trinajstić information content (AvgIpc) is 2.58. The van der Waals surface area contributed by atoms with Gasteiger partial charge in [-0.25, -0.2) is 0 Å². The lowest BCUT2D eigenvalue weighted by Gasteiger charge is -2.10. The Hall–Kier alpha value is -2.69. The molecule has 0 radical (unpaired) electrons. The molecule has 0 atom stereocenters. The molecule has 2 aromatic carbocycles. The first-order valence-electron chi connectivity index (χ1n) is 7.33. The molecule has 0 saturated heterocycles. The predicted octanol–water partition coefficient (Wildman–Crippen LogP) is 2.82. The van der Waals surface area contributed by atoms with Crippen LogP contribution in [0.5, 0.6) is 17.2 Å². The van der Waals surface area contributed by atoms with E-state index in [0.29, 0.717) is 30.2 Å². The molecule has 2 aromatic rings. The van der Waals surface area contributed by atoms with Crippen molar-refractivity contribution in [3.05, 3.63) is 53.6 Å². The fraction of sp³-hybridized carbons (Fsp3) is 0.278. The zero-order valence-corrected chi connectivity index (χ0v) is 13.6. The molecule has 2 rings (SSSR count). The van der Waals surface area contributed by atoms with Crippen molar-refractivity contribution in [3.8, 4) is 17.2 Å². The minimum absolute atomic E-state index is 0.182. The Balaban J connectivity index is 1.85. The van der Waals surface area contributed by atoms with E-state index in [1.54, 1.807) is 25.3 Å². The maximum atomic E-state index is 12.1. The van der Waals surface area contributed by atoms with Crippen LogP contribution in [-0.4, -0.2) is 33.3 Å². The van der Waals surface area contributed by atoms with Crippen LogP contribution >= 0.6 is 0 Å². The summed E-state index contributed by atoms with van der Waals surface area (Å²) in [7, 11) is 3.09. The second kappa shape index (κ2) is 8.08. The van der Waals surface area contributed by atoms with Crippen LogP contribution < -0.4 is 19.5 Å². The van der Waals surface area contributed by atoms with Crippen molar-refractivity contribution in [2.75, 3.05) is 27.4 Å². The number of hydrogen-bond acceptors (Lipinski definition) is 4. The summed E-state index contributed by atoms with van der Waals surface area (Å²) in [4.78, 5) is 12.1. The highest BCUT2D eigenvalue weighted by molar-refractivity contribution is 5.94. The highest BCUT2D eigenvalue weighted by Gasteiger charge is 2.10. The minimum Gasteiger partial charge on any atom is -0.493 e. The van der Waals surface area contributed by atoms with Crippen LogP contribution in [0, 0.1) is 6.92 Å². The third-order valence-corrected chi connectivity index (χ3v) is 3.29. The average molecular weight is 315 g/mol. The van der Waals surface area contributed by atoms with E-state index < -0.39 is 0 Å². The van der Waals surface area contributed by atoms with Gasteiger partial charge in [-0.15, -0.1) is 0 Å². The normalized spacial score (nSPS) is 10.0. The molecule has 0 heterocycles. The number of hydrogen-bond donors (Lipinski definition) is 1. The summed E-state index contributed by atoms with van der Waals surface area (Å²) in [6.45, 7) is 2.83. The number of ether oxygens (including phenoxy) is 3. The highest BCUT2D eigenvalue weighted by Crippen LogP contribution is 2.27. The first kappa shape index (κ1) is 16.7. The van der Waals surface area contributed by atoms with Gasteiger partial charge in [0.25, 0.3) is 5.91 Å². The Bertz CT molecular complexity index is 670. The number of nitrogens with one attached hydrogen (secondary N) is 1. The van der Waals surface area contributed by atoms with Gasteiger partial charge in [0.05, 0.1) is 20.8 Å². The fourth-order valence-corrected chi connectivity index (χ4v) is 2.12. The lowest BCUT2D eigenvalue weighted by atomic mass is 10.2. The molecule has 0 saturated carbocycles. The lowest BCUT2D eigenvalue weighted by Crippen LogP contribution is -2.28. The monoisotopic (exact) mass is 315 g/mol. The molecule has 0 aliphatic carbocycles. The molecule has 1 N–H and O–H groups in total. The lowest BCUT2D eigenvalue weighted by molar-refractivity contribution is 0.0946. The topological polar surface area (TPSA) is 56.8 Å². The molecule has 0 spiro atoms. The number of aryl methyl sites for hydroxylation is 1. The summed E-state index contributed by atoms with van der Waals surface area (Å²) >= 11 is 0. The molecule has 0 bridgehead atoms. The third kappa shape index (κ3) is 4.64. The summed E-state index contributed by atoms with van der Waals surface area (Å²) in [5.74, 6) is 1.73. The second-order valence-corrected chi connectivity index (χ2v) is 4.99. The van der Waals surface area contributed by atoms with Crippen LogP contribution in [-0.2, 0) is 0 Å². The SMILES string of the molecule is COc1ccc(C(=O)NCCOc2cccc(C)c2)cc1OC. The van der Waals surface area contributed by atoms with E-state index in [2.05, 4.69) is 5.32 Å². The Morgan fingerprint density at radius 1 is 1.04 bits per heavy atom. The van der Waals surface area contributed by atoms with Crippen LogP contribution in [0.4, 0.5) is 0 Å². The van der Waals surface area contributed by atoms with Crippen molar-refractivity contribution in [3.63, 3.8) is 0 Å². The van der Waals surface area contributed by atoms with E-state index >= 15 is 0 Å². The fourth-order valence-electron chi connectivity index (χ4n) is 2.12. The van der Waals surface area contributed by atoms with Crippen molar-refractivity contribution in [2.45, 2.75) is 6.92 Å². The standard InChI is InChI=1S/C18H21NO4/c1-13-5-4-6-15(11-13)23-10-9-19-18(20)14-7-8-16(21-2)17(12-14)22-3/h4-8,11-12H,9-10H2,1-3H3,(H,19,20). The number of methoxy groups -OCH3 is 2. The summed E-state index contributed by atoms with van der Waals surface area (Å²) in [5, 5.41) is 2.81. The molecule has 0 aliphatic heterocycles. The van der Waals surface area contributed by atoms with Gasteiger partial charge in [0, 0.05) is 5.56 Å². The van der Waals surface area contributed by atoms with Gasteiger partial charge in [-0.05, 0) is 42.8 Å². The number of carbonyl (C=O) groups excluding carboxylic acids is 1. The van der Waals surface area contributed by atoms with Crippen molar-refractivity contribution >= 4 is 5.91 Å². The van der Waals surface area contributed by atoms with Crippen molar-refractivity contribution in [1.82, 2.24) is 5.32 Å². The van der Waals surface area contributed by atoms with Crippen LogP contribution in [0.3, 0.4) is 0 Å². The Morgan fingerprint density at radius 2 is 1.83 bits per heavy atom. The summed E-state index contributed by atoms with van der Waals surface area (Å²) in [6, 6.07) is 12.8. The van der Waals surface area contributed by atoms with Gasteiger partial charge in [0.1, 0.15) is 12.4 Å². The van der Waals surface area contributed by atoms with Crippen LogP contribution in [0.15, 0.2) is 42.5 Å². The van der Waals surface area contributed by atoms with E-state index in [1.807, 2.05) is 31.2 Å². The Morgan fingerprint density at radius 3 is 2.52 bits per heavy atom. The predicted molar refractivity (Wildman–Crippen MR) is 88.6 cm³/mol. The smallest absolute Gasteiger partial charge is 0.251 e. The van der Waals surface area contributed by atoms with E-state index in [-0.39, 0.29) is 5.91 Å². The van der Waals surface area contributed by atoms with Gasteiger partial charge in [0.15, 0.2) is 11.5 Å². The number of carbonyl (C=O) groups is 1. The largest absolute Gasteiger partial charge is 0.493 e. The first-order valence-corrected chi connectivity index (χ1v) is 7.33. The summed E-state index contributed by atoms with van der Waals surface area (Å²) < 4.78 is 15.9. The maximum Gasteiger partial charge on any atom is 0.251 e. The number of amides is 1. The highest BCUT2D eigenvalue weighted by atomic mass is 16.5. The van der Waals surface area contributed by atoms with Gasteiger partial charge < -0.3 is 19.5 Å². The number of rotatable bonds is 7. The molecule has 122 valence electrons. The van der Waals surface area contributed by atoms with E-state index in [0.717, 1.165) is 11.3 Å². The molecule has 0 unspecified atom stereocenters. The quantitative estimate of drug-likeness (QED) is 0.798. The van der Waals surface area contributed by atoms with Gasteiger partial charge in [-0.2, -0.15) is 0 Å². The zero-order chi connectivity index (χ0) is 16.7. The molecule has 5 heteroatoms. The third-order valence-electron chi connectivity index (χ3n) is 3.29. The summed E-state index contributed by atoms with van der Waals surface area (Å²) in [5.41, 5.74) is 1.65. The summed E-state index contributed by atoms with van der Waals surface area (Å²) in [6.07, 6.45) is 0. The molecule has 0 aliphatic rings. The van der Waals surface area contributed by atoms with Crippen molar-refractivity contribution < 1.29 is 19.0 Å². The molecule has 5 nitrogen and oxygen atoms in total. The first-order chi connectivity index (χ1) is 11.1. The van der Waals surface area contributed by atoms with E-state index in [4.69, 9.17) is 14.2 Å². The van der Waals surface area contributed by atoms with Crippen LogP contribution in [0.25, 0.3) is 0 Å². The molecule has 0 fully saturated rings. The van der Waals surface area contributed by atoms with Gasteiger partial charge in [-0.1, -0.05) is 12.1 Å². The zero-order valence-electron chi connectivity index (χ0n) is 13.6. The molecular formula is C18H21NO4. The van der Waals surface area contributed by atoms with Gasteiger partial charge >= 0.3 is 0 Å². The van der Waals surface area contributed by atoms with Gasteiger partial charge in [0.2, 0.25) is 0 Å². The van der Waals surface area contributed by atoms with E-state index in [1.165, 1.54) is 7.11 Å². The Labute approximate surface area is 136 Å². The van der Waals surface area contributed by atoms with E-state index in [9.17, 15) is 4.79 Å². The second-order valence-electron chi connectivity index (χ2n) is 4.99. The number of benzene rings is 2. The molecule has 0 aromatic heterocycles. The van der Waals surface area contributed by atoms with Crippen LogP contribution in [0.2, 0.25) is 0 Å². The molecular weight excluding hydrogens is 294 g/mol.